The van der Waals surface area contributed by atoms with Crippen molar-refractivity contribution in [2.45, 2.75) is 118 Å². The number of nitrogens with one attached hydrogen (secondary N) is 3. The van der Waals surface area contributed by atoms with Crippen LogP contribution in [0.2, 0.25) is 0 Å². The van der Waals surface area contributed by atoms with Gasteiger partial charge in [-0.05, 0) is 119 Å². The van der Waals surface area contributed by atoms with Gasteiger partial charge in [0.2, 0.25) is 5.91 Å². The third-order valence-corrected chi connectivity index (χ3v) is 10.8. The first-order chi connectivity index (χ1) is 28.5. The lowest BCUT2D eigenvalue weighted by molar-refractivity contribution is -0.123. The second-order valence-electron chi connectivity index (χ2n) is 17.3. The van der Waals surface area contributed by atoms with Crippen LogP contribution in [0, 0.1) is 0 Å². The quantitative estimate of drug-likeness (QED) is 0.115. The molecular formula is C47H66N6O7. The number of rotatable bonds is 17. The number of ether oxygens (including phenoxy) is 3. The van der Waals surface area contributed by atoms with Gasteiger partial charge in [-0.25, -0.2) is 9.59 Å². The third-order valence-electron chi connectivity index (χ3n) is 10.8. The molecule has 3 aromatic carbocycles. The van der Waals surface area contributed by atoms with E-state index >= 15 is 0 Å². The Morgan fingerprint density at radius 3 is 1.78 bits per heavy atom. The highest BCUT2D eigenvalue weighted by Gasteiger charge is 2.56. The van der Waals surface area contributed by atoms with Crippen molar-refractivity contribution in [3.8, 4) is 11.5 Å². The minimum atomic E-state index is -0.988. The molecule has 2 aliphatic heterocycles. The standard InChI is InChI=1S/C47H66N6O7/c1-11-51(12-2)32-23-25-36-39(30-32)58-40-31-33(52(13-3)14-4)24-26-37(40)47(36)35-21-16-15-20-34(35)42(55)53(47)29-19-28-48-41(54)38(50-44(57)60-46(8,9)10)22-17-18-27-49-43(56)59-45(5,6)7/h15-16,20-21,23-26,30-31,38H,11-14,17-19,22,27-29H2,1-10H3,(H,48,54)(H,49,56)(H,50,57). The molecule has 3 aromatic rings. The predicted octanol–water partition coefficient (Wildman–Crippen LogP) is 8.33. The Balaban J connectivity index is 1.40. The number of nitrogens with zero attached hydrogens (tertiary/aromatic N) is 3. The maximum absolute atomic E-state index is 14.7. The zero-order valence-corrected chi connectivity index (χ0v) is 37.3. The fourth-order valence-electron chi connectivity index (χ4n) is 8.17. The van der Waals surface area contributed by atoms with Crippen LogP contribution in [0.4, 0.5) is 21.0 Å². The van der Waals surface area contributed by atoms with E-state index in [1.54, 1.807) is 41.5 Å². The zero-order chi connectivity index (χ0) is 43.8. The minimum Gasteiger partial charge on any atom is -0.456 e. The fourth-order valence-corrected chi connectivity index (χ4v) is 8.17. The summed E-state index contributed by atoms with van der Waals surface area (Å²) in [6.07, 6.45) is 0.668. The number of carbonyl (C=O) groups is 4. The molecule has 2 aliphatic rings. The first-order valence-corrected chi connectivity index (χ1v) is 21.6. The van der Waals surface area contributed by atoms with Gasteiger partial charge in [-0.2, -0.15) is 0 Å². The summed E-state index contributed by atoms with van der Waals surface area (Å²) in [5.74, 6) is 0.940. The smallest absolute Gasteiger partial charge is 0.408 e. The lowest BCUT2D eigenvalue weighted by Gasteiger charge is -2.45. The largest absolute Gasteiger partial charge is 0.456 e. The van der Waals surface area contributed by atoms with Crippen LogP contribution in [-0.2, 0) is 19.8 Å². The van der Waals surface area contributed by atoms with Crippen LogP contribution in [-0.4, -0.2) is 92.0 Å². The molecule has 3 N–H and O–H groups in total. The molecular weight excluding hydrogens is 761 g/mol. The highest BCUT2D eigenvalue weighted by atomic mass is 16.6. The van der Waals surface area contributed by atoms with Crippen molar-refractivity contribution in [3.05, 3.63) is 82.9 Å². The van der Waals surface area contributed by atoms with Crippen molar-refractivity contribution in [1.29, 1.82) is 0 Å². The number of alkyl carbamates (subject to hydrolysis) is 2. The summed E-state index contributed by atoms with van der Waals surface area (Å²) < 4.78 is 17.6. The predicted molar refractivity (Wildman–Crippen MR) is 236 cm³/mol. The molecule has 0 bridgehead atoms. The van der Waals surface area contributed by atoms with Crippen molar-refractivity contribution < 1.29 is 33.4 Å². The molecule has 1 unspecified atom stereocenters. The Morgan fingerprint density at radius 1 is 0.700 bits per heavy atom. The summed E-state index contributed by atoms with van der Waals surface area (Å²) in [7, 11) is 0. The molecule has 13 heteroatoms. The lowest BCUT2D eigenvalue weighted by atomic mass is 9.74. The van der Waals surface area contributed by atoms with E-state index in [1.807, 2.05) is 29.2 Å². The van der Waals surface area contributed by atoms with E-state index in [-0.39, 0.29) is 18.4 Å². The van der Waals surface area contributed by atoms with E-state index in [4.69, 9.17) is 14.2 Å². The number of hydrogen-bond donors (Lipinski definition) is 3. The molecule has 0 saturated carbocycles. The van der Waals surface area contributed by atoms with E-state index in [0.29, 0.717) is 55.8 Å². The van der Waals surface area contributed by atoms with Gasteiger partial charge < -0.3 is 44.9 Å². The average Bonchev–Trinajstić information content (AvgIpc) is 3.42. The molecule has 5 rings (SSSR count). The molecule has 13 nitrogen and oxygen atoms in total. The first kappa shape index (κ1) is 45.6. The summed E-state index contributed by atoms with van der Waals surface area (Å²) in [6, 6.07) is 19.5. The molecule has 0 aromatic heterocycles. The minimum absolute atomic E-state index is 0.0965. The molecule has 4 amide bonds. The van der Waals surface area contributed by atoms with Gasteiger partial charge in [0.25, 0.3) is 5.91 Å². The van der Waals surface area contributed by atoms with Crippen LogP contribution < -0.4 is 30.5 Å². The second kappa shape index (κ2) is 19.3. The molecule has 0 aliphatic carbocycles. The van der Waals surface area contributed by atoms with Crippen molar-refractivity contribution in [1.82, 2.24) is 20.9 Å². The number of carbonyl (C=O) groups excluding carboxylic acids is 4. The number of fused-ring (bicyclic) bond motifs is 6. The van der Waals surface area contributed by atoms with Crippen LogP contribution >= 0.6 is 0 Å². The van der Waals surface area contributed by atoms with E-state index in [0.717, 1.165) is 54.2 Å². The van der Waals surface area contributed by atoms with E-state index in [9.17, 15) is 19.2 Å². The maximum atomic E-state index is 14.7. The normalized spacial score (nSPS) is 14.3. The van der Waals surface area contributed by atoms with Gasteiger partial charge in [-0.15, -0.1) is 0 Å². The van der Waals surface area contributed by atoms with Crippen LogP contribution in [0.25, 0.3) is 0 Å². The fraction of sp³-hybridized carbons (Fsp3) is 0.532. The number of unbranched alkanes of at least 4 members (excludes halogenated alkanes) is 1. The second-order valence-corrected chi connectivity index (χ2v) is 17.3. The van der Waals surface area contributed by atoms with Crippen molar-refractivity contribution in [3.63, 3.8) is 0 Å². The van der Waals surface area contributed by atoms with Crippen LogP contribution in [0.5, 0.6) is 11.5 Å². The van der Waals surface area contributed by atoms with Gasteiger partial charge in [-0.1, -0.05) is 30.3 Å². The molecule has 326 valence electrons. The molecule has 2 heterocycles. The Kier molecular flexibility index (Phi) is 14.7. The summed E-state index contributed by atoms with van der Waals surface area (Å²) >= 11 is 0. The van der Waals surface area contributed by atoms with E-state index in [1.165, 1.54) is 0 Å². The van der Waals surface area contributed by atoms with Crippen LogP contribution in [0.15, 0.2) is 60.7 Å². The van der Waals surface area contributed by atoms with Gasteiger partial charge in [-0.3, -0.25) is 9.59 Å². The Morgan fingerprint density at radius 2 is 1.23 bits per heavy atom. The molecule has 1 atom stereocenters. The molecule has 0 fully saturated rings. The SMILES string of the molecule is CCN(CC)c1ccc2c(c1)Oc1cc(N(CC)CC)ccc1C21c2ccccc2C(=O)N1CCCNC(=O)C(CCCCNC(=O)OC(C)(C)C)NC(=O)OC(C)(C)C. The first-order valence-electron chi connectivity index (χ1n) is 21.6. The molecule has 0 saturated heterocycles. The lowest BCUT2D eigenvalue weighted by Crippen LogP contribution is -2.50. The number of benzene rings is 3. The van der Waals surface area contributed by atoms with Crippen molar-refractivity contribution in [2.24, 2.45) is 0 Å². The topological polar surface area (TPSA) is 142 Å². The monoisotopic (exact) mass is 826 g/mol. The summed E-state index contributed by atoms with van der Waals surface area (Å²) in [5.41, 5.74) is 3.01. The number of amides is 4. The maximum Gasteiger partial charge on any atom is 0.408 e. The Bertz CT molecular complexity index is 1930. The van der Waals surface area contributed by atoms with Gasteiger partial charge in [0, 0.05) is 86.0 Å². The van der Waals surface area contributed by atoms with Crippen molar-refractivity contribution in [2.75, 3.05) is 55.6 Å². The van der Waals surface area contributed by atoms with Crippen molar-refractivity contribution >= 4 is 35.4 Å². The molecule has 60 heavy (non-hydrogen) atoms. The zero-order valence-electron chi connectivity index (χ0n) is 37.3. The summed E-state index contributed by atoms with van der Waals surface area (Å²) in [4.78, 5) is 59.8. The van der Waals surface area contributed by atoms with Gasteiger partial charge >= 0.3 is 12.2 Å². The highest BCUT2D eigenvalue weighted by Crippen LogP contribution is 2.58. The summed E-state index contributed by atoms with van der Waals surface area (Å²) in [5, 5.41) is 8.50. The van der Waals surface area contributed by atoms with E-state index in [2.05, 4.69) is 89.8 Å². The van der Waals surface area contributed by atoms with Gasteiger partial charge in [0.05, 0.1) is 0 Å². The van der Waals surface area contributed by atoms with Crippen LogP contribution in [0.3, 0.4) is 0 Å². The molecule has 0 radical (unpaired) electrons. The van der Waals surface area contributed by atoms with Gasteiger partial charge in [0.1, 0.15) is 34.3 Å². The van der Waals surface area contributed by atoms with Gasteiger partial charge in [0.15, 0.2) is 0 Å². The Labute approximate surface area is 356 Å². The number of anilines is 2. The Hall–Kier alpha value is -5.46. The third kappa shape index (κ3) is 10.3. The average molecular weight is 827 g/mol. The molecule has 1 spiro atoms. The summed E-state index contributed by atoms with van der Waals surface area (Å²) in [6.45, 7) is 23.5. The van der Waals surface area contributed by atoms with E-state index < -0.39 is 35.0 Å². The number of hydrogen-bond acceptors (Lipinski definition) is 9. The van der Waals surface area contributed by atoms with Crippen LogP contribution in [0.1, 0.15) is 122 Å². The highest BCUT2D eigenvalue weighted by molar-refractivity contribution is 6.02.